The molecule has 1 aromatic heterocycles. The lowest BCUT2D eigenvalue weighted by Gasteiger charge is -2.17. The average Bonchev–Trinajstić information content (AvgIpc) is 3.02. The number of benzene rings is 1. The number of aromatic nitrogens is 1. The van der Waals surface area contributed by atoms with Crippen molar-refractivity contribution in [2.75, 3.05) is 13.1 Å². The molecule has 0 amide bonds. The lowest BCUT2D eigenvalue weighted by Crippen LogP contribution is -2.39. The molecule has 0 aliphatic rings. The van der Waals surface area contributed by atoms with Gasteiger partial charge in [0.25, 0.3) is 0 Å². The van der Waals surface area contributed by atoms with E-state index in [1.165, 1.54) is 0 Å². The highest BCUT2D eigenvalue weighted by Crippen LogP contribution is 2.20. The van der Waals surface area contributed by atoms with Crippen molar-refractivity contribution in [2.45, 2.75) is 46.4 Å². The van der Waals surface area contributed by atoms with Gasteiger partial charge in [0.05, 0.1) is 23.8 Å². The van der Waals surface area contributed by atoms with Gasteiger partial charge >= 0.3 is 0 Å². The molecule has 3 N–H and O–H groups in total. The van der Waals surface area contributed by atoms with Gasteiger partial charge in [-0.15, -0.1) is 35.3 Å². The summed E-state index contributed by atoms with van der Waals surface area (Å²) in [6.45, 7) is 9.63. The first kappa shape index (κ1) is 23.6. The number of halogens is 1. The predicted octanol–water partition coefficient (Wildman–Crippen LogP) is 3.65. The van der Waals surface area contributed by atoms with Crippen LogP contribution in [0.5, 0.6) is 5.75 Å². The second-order valence-corrected chi connectivity index (χ2v) is 7.50. The average molecular weight is 504 g/mol. The maximum Gasteiger partial charge on any atom is 0.191 e. The van der Waals surface area contributed by atoms with E-state index in [4.69, 9.17) is 4.74 Å². The summed E-state index contributed by atoms with van der Waals surface area (Å²) in [5.41, 5.74) is 0.810. The minimum atomic E-state index is -0.653. The molecule has 0 fully saturated rings. The maximum atomic E-state index is 10.5. The van der Waals surface area contributed by atoms with Gasteiger partial charge < -0.3 is 20.5 Å². The fourth-order valence-electron chi connectivity index (χ4n) is 2.36. The molecule has 1 aromatic carbocycles. The van der Waals surface area contributed by atoms with Gasteiger partial charge in [0.15, 0.2) is 5.96 Å². The molecule has 0 radical (unpaired) electrons. The SMILES string of the molecule is CCNC(=NCc1cnc(C)s1)NCC(O)c1cccc(OC(C)C)c1.I. The molecule has 27 heavy (non-hydrogen) atoms. The number of hydrogen-bond acceptors (Lipinski definition) is 5. The summed E-state index contributed by atoms with van der Waals surface area (Å²) in [5, 5.41) is 17.9. The molecular formula is C19H29IN4O2S. The van der Waals surface area contributed by atoms with Gasteiger partial charge in [0.2, 0.25) is 0 Å². The number of rotatable bonds is 8. The first-order chi connectivity index (χ1) is 12.5. The van der Waals surface area contributed by atoms with Crippen LogP contribution in [0.2, 0.25) is 0 Å². The number of aliphatic hydroxyl groups excluding tert-OH is 1. The Balaban J connectivity index is 0.00000364. The molecule has 6 nitrogen and oxygen atoms in total. The molecule has 0 bridgehead atoms. The molecule has 2 aromatic rings. The number of aryl methyl sites for hydroxylation is 1. The van der Waals surface area contributed by atoms with Crippen molar-refractivity contribution in [3.63, 3.8) is 0 Å². The summed E-state index contributed by atoms with van der Waals surface area (Å²) in [4.78, 5) is 9.90. The van der Waals surface area contributed by atoms with Gasteiger partial charge in [0.1, 0.15) is 5.75 Å². The molecule has 0 saturated heterocycles. The minimum absolute atomic E-state index is 0. The van der Waals surface area contributed by atoms with Gasteiger partial charge in [-0.05, 0) is 45.4 Å². The first-order valence-electron chi connectivity index (χ1n) is 8.86. The van der Waals surface area contributed by atoms with Crippen molar-refractivity contribution < 1.29 is 9.84 Å². The second kappa shape index (κ2) is 12.1. The molecule has 0 spiro atoms. The molecule has 1 heterocycles. The number of hydrogen-bond donors (Lipinski definition) is 3. The van der Waals surface area contributed by atoms with E-state index in [1.54, 1.807) is 11.3 Å². The Labute approximate surface area is 182 Å². The van der Waals surface area contributed by atoms with Crippen LogP contribution in [0.15, 0.2) is 35.5 Å². The Kier molecular flexibility index (Phi) is 10.6. The van der Waals surface area contributed by atoms with E-state index in [1.807, 2.05) is 58.2 Å². The number of thiazole rings is 1. The normalized spacial score (nSPS) is 12.4. The van der Waals surface area contributed by atoms with Crippen molar-refractivity contribution in [1.82, 2.24) is 15.6 Å². The Morgan fingerprint density at radius 2 is 2.11 bits per heavy atom. The third-order valence-corrected chi connectivity index (χ3v) is 4.38. The molecule has 0 aliphatic carbocycles. The van der Waals surface area contributed by atoms with Crippen LogP contribution in [-0.2, 0) is 6.54 Å². The largest absolute Gasteiger partial charge is 0.491 e. The lowest BCUT2D eigenvalue weighted by molar-refractivity contribution is 0.179. The zero-order valence-corrected chi connectivity index (χ0v) is 19.4. The Hall–Kier alpha value is -1.39. The molecule has 0 aliphatic heterocycles. The lowest BCUT2D eigenvalue weighted by atomic mass is 10.1. The molecule has 150 valence electrons. The van der Waals surface area contributed by atoms with Crippen LogP contribution in [0, 0.1) is 6.92 Å². The third-order valence-electron chi connectivity index (χ3n) is 3.48. The highest BCUT2D eigenvalue weighted by atomic mass is 127. The van der Waals surface area contributed by atoms with Crippen molar-refractivity contribution in [3.8, 4) is 5.75 Å². The predicted molar refractivity (Wildman–Crippen MR) is 122 cm³/mol. The molecule has 2 rings (SSSR count). The Bertz CT molecular complexity index is 721. The van der Waals surface area contributed by atoms with E-state index in [-0.39, 0.29) is 30.1 Å². The van der Waals surface area contributed by atoms with Crippen molar-refractivity contribution in [3.05, 3.63) is 45.9 Å². The number of aliphatic imine (C=N–C) groups is 1. The molecule has 1 unspecified atom stereocenters. The highest BCUT2D eigenvalue weighted by Gasteiger charge is 2.10. The second-order valence-electron chi connectivity index (χ2n) is 6.18. The summed E-state index contributed by atoms with van der Waals surface area (Å²) in [7, 11) is 0. The summed E-state index contributed by atoms with van der Waals surface area (Å²) < 4.78 is 5.69. The zero-order valence-electron chi connectivity index (χ0n) is 16.2. The molecular weight excluding hydrogens is 475 g/mol. The van der Waals surface area contributed by atoms with Crippen molar-refractivity contribution in [1.29, 1.82) is 0 Å². The topological polar surface area (TPSA) is 78.8 Å². The van der Waals surface area contributed by atoms with Gasteiger partial charge in [-0.25, -0.2) is 9.98 Å². The van der Waals surface area contributed by atoms with Crippen molar-refractivity contribution >= 4 is 41.3 Å². The number of aliphatic hydroxyl groups is 1. The van der Waals surface area contributed by atoms with Crippen LogP contribution in [0.4, 0.5) is 0 Å². The summed E-state index contributed by atoms with van der Waals surface area (Å²) >= 11 is 1.64. The number of nitrogens with one attached hydrogen (secondary N) is 2. The highest BCUT2D eigenvalue weighted by molar-refractivity contribution is 14.0. The Morgan fingerprint density at radius 1 is 1.33 bits per heavy atom. The fourth-order valence-corrected chi connectivity index (χ4v) is 3.08. The molecule has 1 atom stereocenters. The first-order valence-corrected chi connectivity index (χ1v) is 9.67. The quantitative estimate of drug-likeness (QED) is 0.291. The van der Waals surface area contributed by atoms with Crippen LogP contribution in [-0.4, -0.2) is 35.2 Å². The van der Waals surface area contributed by atoms with E-state index in [9.17, 15) is 5.11 Å². The van der Waals surface area contributed by atoms with E-state index < -0.39 is 6.10 Å². The summed E-state index contributed by atoms with van der Waals surface area (Å²) in [5.74, 6) is 1.44. The molecule has 0 saturated carbocycles. The van der Waals surface area contributed by atoms with E-state index >= 15 is 0 Å². The minimum Gasteiger partial charge on any atom is -0.491 e. The van der Waals surface area contributed by atoms with Crippen LogP contribution >= 0.6 is 35.3 Å². The fraction of sp³-hybridized carbons (Fsp3) is 0.474. The van der Waals surface area contributed by atoms with Gasteiger partial charge in [0, 0.05) is 24.2 Å². The van der Waals surface area contributed by atoms with E-state index in [2.05, 4.69) is 20.6 Å². The van der Waals surface area contributed by atoms with Crippen molar-refractivity contribution in [2.24, 2.45) is 4.99 Å². The van der Waals surface area contributed by atoms with E-state index in [0.29, 0.717) is 19.0 Å². The van der Waals surface area contributed by atoms with Crippen LogP contribution < -0.4 is 15.4 Å². The Morgan fingerprint density at radius 3 is 2.74 bits per heavy atom. The molecule has 8 heteroatoms. The van der Waals surface area contributed by atoms with Crippen LogP contribution in [0.3, 0.4) is 0 Å². The van der Waals surface area contributed by atoms with Gasteiger partial charge in [-0.1, -0.05) is 12.1 Å². The van der Waals surface area contributed by atoms with E-state index in [0.717, 1.165) is 27.7 Å². The zero-order chi connectivity index (χ0) is 18.9. The monoisotopic (exact) mass is 504 g/mol. The third kappa shape index (κ3) is 8.44. The summed E-state index contributed by atoms with van der Waals surface area (Å²) in [6, 6.07) is 7.55. The van der Waals surface area contributed by atoms with Gasteiger partial charge in [-0.2, -0.15) is 0 Å². The van der Waals surface area contributed by atoms with Crippen LogP contribution in [0.1, 0.15) is 42.3 Å². The standard InChI is InChI=1S/C19H28N4O2S.HI/c1-5-20-19(22-11-17-10-21-14(4)26-17)23-12-18(24)15-7-6-8-16(9-15)25-13(2)3;/h6-10,13,18,24H,5,11-12H2,1-4H3,(H2,20,22,23);1H. The van der Waals surface area contributed by atoms with Gasteiger partial charge in [-0.3, -0.25) is 0 Å². The number of nitrogens with zero attached hydrogens (tertiary/aromatic N) is 2. The smallest absolute Gasteiger partial charge is 0.191 e. The number of guanidine groups is 1. The maximum absolute atomic E-state index is 10.5. The number of ether oxygens (including phenoxy) is 1. The van der Waals surface area contributed by atoms with Crippen LogP contribution in [0.25, 0.3) is 0 Å². The summed E-state index contributed by atoms with van der Waals surface area (Å²) in [6.07, 6.45) is 1.30.